The van der Waals surface area contributed by atoms with Crippen LogP contribution in [0.1, 0.15) is 12.5 Å². The molecule has 0 aromatic heterocycles. The number of nitrogens with zero attached hydrogens (tertiary/aromatic N) is 1. The quantitative estimate of drug-likeness (QED) is 0.871. The van der Waals surface area contributed by atoms with Gasteiger partial charge in [0.15, 0.2) is 0 Å². The van der Waals surface area contributed by atoms with Crippen LogP contribution in [0.3, 0.4) is 0 Å². The number of rotatable bonds is 3. The highest BCUT2D eigenvalue weighted by Crippen LogP contribution is 2.30. The molecule has 6 heteroatoms. The Morgan fingerprint density at radius 2 is 1.77 bits per heavy atom. The largest absolute Gasteiger partial charge is 0.416 e. The molecule has 0 bridgehead atoms. The Kier molecular flexibility index (Phi) is 4.70. The number of carbonyl (C=O) groups excluding carboxylic acids is 1. The zero-order chi connectivity index (χ0) is 16.2. The molecule has 0 aliphatic heterocycles. The van der Waals surface area contributed by atoms with Crippen molar-refractivity contribution in [2.45, 2.75) is 13.1 Å². The molecule has 0 unspecified atom stereocenters. The summed E-state index contributed by atoms with van der Waals surface area (Å²) in [6, 6.07) is 13.0. The molecule has 0 radical (unpaired) electrons. The van der Waals surface area contributed by atoms with Crippen LogP contribution in [0.2, 0.25) is 0 Å². The second-order valence-corrected chi connectivity index (χ2v) is 4.59. The second-order valence-electron chi connectivity index (χ2n) is 4.59. The maximum absolute atomic E-state index is 12.7. The van der Waals surface area contributed by atoms with Gasteiger partial charge in [0.25, 0.3) is 0 Å². The van der Waals surface area contributed by atoms with Crippen LogP contribution in [0.4, 0.5) is 29.3 Å². The molecule has 1 N–H and O–H groups in total. The van der Waals surface area contributed by atoms with E-state index in [0.29, 0.717) is 12.2 Å². The van der Waals surface area contributed by atoms with Gasteiger partial charge in [0.1, 0.15) is 0 Å². The van der Waals surface area contributed by atoms with Crippen molar-refractivity contribution < 1.29 is 18.0 Å². The van der Waals surface area contributed by atoms with Gasteiger partial charge in [-0.1, -0.05) is 24.3 Å². The van der Waals surface area contributed by atoms with Crippen molar-refractivity contribution in [3.8, 4) is 0 Å². The standard InChI is InChI=1S/C16H15F3N2O/c1-2-21(14-9-4-3-5-10-14)15(22)20-13-8-6-7-12(11-13)16(17,18)19/h3-11H,2H2,1H3,(H,20,22). The molecule has 0 atom stereocenters. The minimum absolute atomic E-state index is 0.106. The summed E-state index contributed by atoms with van der Waals surface area (Å²) in [5, 5.41) is 2.49. The summed E-state index contributed by atoms with van der Waals surface area (Å²) < 4.78 is 38.0. The third kappa shape index (κ3) is 3.78. The fraction of sp³-hybridized carbons (Fsp3) is 0.188. The van der Waals surface area contributed by atoms with Gasteiger partial charge < -0.3 is 5.32 Å². The lowest BCUT2D eigenvalue weighted by Crippen LogP contribution is -2.34. The topological polar surface area (TPSA) is 32.3 Å². The molecular formula is C16H15F3N2O. The molecular weight excluding hydrogens is 293 g/mol. The Morgan fingerprint density at radius 1 is 1.09 bits per heavy atom. The van der Waals surface area contributed by atoms with E-state index in [1.807, 2.05) is 6.07 Å². The summed E-state index contributed by atoms with van der Waals surface area (Å²) >= 11 is 0. The van der Waals surface area contributed by atoms with Crippen molar-refractivity contribution in [3.63, 3.8) is 0 Å². The first kappa shape index (κ1) is 15.9. The average Bonchev–Trinajstić information content (AvgIpc) is 2.48. The van der Waals surface area contributed by atoms with Crippen molar-refractivity contribution >= 4 is 17.4 Å². The third-order valence-electron chi connectivity index (χ3n) is 3.07. The molecule has 22 heavy (non-hydrogen) atoms. The molecule has 0 saturated carbocycles. The lowest BCUT2D eigenvalue weighted by molar-refractivity contribution is -0.137. The van der Waals surface area contributed by atoms with E-state index < -0.39 is 17.8 Å². The number of urea groups is 1. The van der Waals surface area contributed by atoms with E-state index in [2.05, 4.69) is 5.32 Å². The summed E-state index contributed by atoms with van der Waals surface area (Å²) in [5.41, 5.74) is -0.0169. The van der Waals surface area contributed by atoms with Crippen molar-refractivity contribution in [1.82, 2.24) is 0 Å². The van der Waals surface area contributed by atoms with Crippen LogP contribution in [0.25, 0.3) is 0 Å². The number of halogens is 3. The lowest BCUT2D eigenvalue weighted by atomic mass is 10.2. The number of carbonyl (C=O) groups is 1. The first-order valence-corrected chi connectivity index (χ1v) is 6.72. The minimum atomic E-state index is -4.44. The Bertz CT molecular complexity index is 641. The van der Waals surface area contributed by atoms with Gasteiger partial charge in [-0.05, 0) is 37.3 Å². The zero-order valence-corrected chi connectivity index (χ0v) is 11.9. The molecule has 2 amide bonds. The van der Waals surface area contributed by atoms with Gasteiger partial charge in [0, 0.05) is 17.9 Å². The van der Waals surface area contributed by atoms with E-state index in [9.17, 15) is 18.0 Å². The average molecular weight is 308 g/mol. The van der Waals surface area contributed by atoms with Gasteiger partial charge >= 0.3 is 12.2 Å². The highest BCUT2D eigenvalue weighted by atomic mass is 19.4. The Hall–Kier alpha value is -2.50. The van der Waals surface area contributed by atoms with Gasteiger partial charge in [0.2, 0.25) is 0 Å². The van der Waals surface area contributed by atoms with Gasteiger partial charge in [-0.25, -0.2) is 4.79 Å². The van der Waals surface area contributed by atoms with E-state index in [1.54, 1.807) is 31.2 Å². The monoisotopic (exact) mass is 308 g/mol. The molecule has 0 saturated heterocycles. The third-order valence-corrected chi connectivity index (χ3v) is 3.07. The number of nitrogens with one attached hydrogen (secondary N) is 1. The number of anilines is 2. The highest BCUT2D eigenvalue weighted by molar-refractivity contribution is 6.01. The summed E-state index contributed by atoms with van der Waals surface area (Å²) in [4.78, 5) is 13.7. The SMILES string of the molecule is CCN(C(=O)Nc1cccc(C(F)(F)F)c1)c1ccccc1. The molecule has 116 valence electrons. The first-order chi connectivity index (χ1) is 10.4. The van der Waals surface area contributed by atoms with E-state index in [0.717, 1.165) is 12.1 Å². The lowest BCUT2D eigenvalue weighted by Gasteiger charge is -2.21. The van der Waals surface area contributed by atoms with Crippen LogP contribution in [0.15, 0.2) is 54.6 Å². The molecule has 3 nitrogen and oxygen atoms in total. The molecule has 0 heterocycles. The van der Waals surface area contributed by atoms with Crippen LogP contribution < -0.4 is 10.2 Å². The molecule has 2 aromatic carbocycles. The first-order valence-electron chi connectivity index (χ1n) is 6.72. The Morgan fingerprint density at radius 3 is 2.36 bits per heavy atom. The highest BCUT2D eigenvalue weighted by Gasteiger charge is 2.30. The van der Waals surface area contributed by atoms with Gasteiger partial charge in [-0.15, -0.1) is 0 Å². The fourth-order valence-electron chi connectivity index (χ4n) is 2.02. The van der Waals surface area contributed by atoms with E-state index >= 15 is 0 Å². The van der Waals surface area contributed by atoms with Crippen molar-refractivity contribution in [2.75, 3.05) is 16.8 Å². The normalized spacial score (nSPS) is 11.1. The van der Waals surface area contributed by atoms with Crippen LogP contribution in [0.5, 0.6) is 0 Å². The van der Waals surface area contributed by atoms with E-state index in [1.165, 1.54) is 17.0 Å². The Labute approximate surface area is 126 Å². The smallest absolute Gasteiger partial charge is 0.308 e. The summed E-state index contributed by atoms with van der Waals surface area (Å²) in [6.07, 6.45) is -4.44. The molecule has 2 rings (SSSR count). The molecule has 0 fully saturated rings. The maximum Gasteiger partial charge on any atom is 0.416 e. The number of amides is 2. The van der Waals surface area contributed by atoms with Crippen molar-refractivity contribution in [2.24, 2.45) is 0 Å². The number of alkyl halides is 3. The fourth-order valence-corrected chi connectivity index (χ4v) is 2.02. The summed E-state index contributed by atoms with van der Waals surface area (Å²) in [7, 11) is 0. The summed E-state index contributed by atoms with van der Waals surface area (Å²) in [6.45, 7) is 2.19. The Balaban J connectivity index is 2.18. The number of para-hydroxylation sites is 1. The number of hydrogen-bond acceptors (Lipinski definition) is 1. The van der Waals surface area contributed by atoms with Crippen molar-refractivity contribution in [1.29, 1.82) is 0 Å². The van der Waals surface area contributed by atoms with Gasteiger partial charge in [-0.3, -0.25) is 4.90 Å². The van der Waals surface area contributed by atoms with Gasteiger partial charge in [0.05, 0.1) is 5.56 Å². The van der Waals surface area contributed by atoms with Crippen LogP contribution in [-0.2, 0) is 6.18 Å². The van der Waals surface area contributed by atoms with Crippen LogP contribution in [0, 0.1) is 0 Å². The molecule has 0 aliphatic carbocycles. The molecule has 0 aliphatic rings. The van der Waals surface area contributed by atoms with E-state index in [4.69, 9.17) is 0 Å². The minimum Gasteiger partial charge on any atom is -0.308 e. The molecule has 2 aromatic rings. The predicted octanol–water partition coefficient (Wildman–Crippen LogP) is 4.76. The van der Waals surface area contributed by atoms with Gasteiger partial charge in [-0.2, -0.15) is 13.2 Å². The number of hydrogen-bond donors (Lipinski definition) is 1. The van der Waals surface area contributed by atoms with E-state index in [-0.39, 0.29) is 5.69 Å². The van der Waals surface area contributed by atoms with Crippen LogP contribution >= 0.6 is 0 Å². The second kappa shape index (κ2) is 6.51. The number of benzene rings is 2. The predicted molar refractivity (Wildman–Crippen MR) is 79.9 cm³/mol. The zero-order valence-electron chi connectivity index (χ0n) is 11.9. The summed E-state index contributed by atoms with van der Waals surface area (Å²) in [5.74, 6) is 0. The van der Waals surface area contributed by atoms with Crippen molar-refractivity contribution in [3.05, 3.63) is 60.2 Å². The maximum atomic E-state index is 12.7. The molecule has 0 spiro atoms. The van der Waals surface area contributed by atoms with Crippen LogP contribution in [-0.4, -0.2) is 12.6 Å².